The molecule has 0 aliphatic carbocycles. The number of hydrogen-bond donors (Lipinski definition) is 1. The molecule has 0 bridgehead atoms. The van der Waals surface area contributed by atoms with Crippen molar-refractivity contribution in [1.29, 1.82) is 0 Å². The number of hydrogen-bond acceptors (Lipinski definition) is 3. The summed E-state index contributed by atoms with van der Waals surface area (Å²) in [5.74, 6) is -0.312. The summed E-state index contributed by atoms with van der Waals surface area (Å²) >= 11 is 6.04. The Balaban J connectivity index is 2.25. The standard InChI is InChI=1S/C19H21ClN2O2/c1-3-22(4-2)13-18(23)21-17-12-15(20)10-11-16(17)19(24)14-8-6-5-7-9-14/h5-12H,3-4,13H2,1-2H3,(H,21,23). The summed E-state index contributed by atoms with van der Waals surface area (Å²) in [6, 6.07) is 13.9. The Labute approximate surface area is 147 Å². The smallest absolute Gasteiger partial charge is 0.238 e. The average Bonchev–Trinajstić information content (AvgIpc) is 2.60. The van der Waals surface area contributed by atoms with E-state index in [-0.39, 0.29) is 18.2 Å². The lowest BCUT2D eigenvalue weighted by Crippen LogP contribution is -2.33. The molecule has 0 unspecified atom stereocenters. The lowest BCUT2D eigenvalue weighted by Gasteiger charge is -2.18. The van der Waals surface area contributed by atoms with Gasteiger partial charge in [-0.3, -0.25) is 14.5 Å². The molecule has 2 aromatic rings. The summed E-state index contributed by atoms with van der Waals surface area (Å²) in [6.07, 6.45) is 0. The minimum atomic E-state index is -0.164. The zero-order valence-electron chi connectivity index (χ0n) is 13.9. The van der Waals surface area contributed by atoms with Gasteiger partial charge in [-0.1, -0.05) is 55.8 Å². The minimum Gasteiger partial charge on any atom is -0.324 e. The molecule has 0 saturated carbocycles. The maximum absolute atomic E-state index is 12.7. The van der Waals surface area contributed by atoms with Gasteiger partial charge in [-0.2, -0.15) is 0 Å². The van der Waals surface area contributed by atoms with E-state index in [2.05, 4.69) is 5.32 Å². The van der Waals surface area contributed by atoms with Gasteiger partial charge >= 0.3 is 0 Å². The van der Waals surface area contributed by atoms with Gasteiger partial charge in [0.05, 0.1) is 12.2 Å². The van der Waals surface area contributed by atoms with Crippen LogP contribution in [0.3, 0.4) is 0 Å². The number of nitrogens with one attached hydrogen (secondary N) is 1. The largest absolute Gasteiger partial charge is 0.324 e. The van der Waals surface area contributed by atoms with Gasteiger partial charge in [0.1, 0.15) is 0 Å². The third-order valence-electron chi connectivity index (χ3n) is 3.80. The van der Waals surface area contributed by atoms with E-state index >= 15 is 0 Å². The number of benzene rings is 2. The van der Waals surface area contributed by atoms with Crippen molar-refractivity contribution in [1.82, 2.24) is 4.90 Å². The van der Waals surface area contributed by atoms with E-state index in [0.717, 1.165) is 13.1 Å². The molecule has 0 fully saturated rings. The summed E-state index contributed by atoms with van der Waals surface area (Å²) in [4.78, 5) is 26.9. The van der Waals surface area contributed by atoms with Gasteiger partial charge in [0.15, 0.2) is 5.78 Å². The molecule has 0 aliphatic rings. The third kappa shape index (κ3) is 4.66. The van der Waals surface area contributed by atoms with Gasteiger partial charge in [-0.15, -0.1) is 0 Å². The van der Waals surface area contributed by atoms with Crippen LogP contribution in [0.1, 0.15) is 29.8 Å². The zero-order valence-corrected chi connectivity index (χ0v) is 14.6. The third-order valence-corrected chi connectivity index (χ3v) is 4.03. The molecule has 0 atom stereocenters. The van der Waals surface area contributed by atoms with E-state index in [1.165, 1.54) is 0 Å². The van der Waals surface area contributed by atoms with Crippen molar-refractivity contribution in [2.24, 2.45) is 0 Å². The molecule has 0 radical (unpaired) electrons. The van der Waals surface area contributed by atoms with Crippen molar-refractivity contribution in [3.05, 3.63) is 64.7 Å². The summed E-state index contributed by atoms with van der Waals surface area (Å²) < 4.78 is 0. The van der Waals surface area contributed by atoms with Crippen LogP contribution in [0.2, 0.25) is 5.02 Å². The van der Waals surface area contributed by atoms with E-state index < -0.39 is 0 Å². The van der Waals surface area contributed by atoms with Gasteiger partial charge in [0.2, 0.25) is 5.91 Å². The summed E-state index contributed by atoms with van der Waals surface area (Å²) in [5.41, 5.74) is 1.44. The molecule has 2 aromatic carbocycles. The summed E-state index contributed by atoms with van der Waals surface area (Å²) in [6.45, 7) is 5.85. The Hall–Kier alpha value is -2.17. The van der Waals surface area contributed by atoms with E-state index in [1.54, 1.807) is 30.3 Å². The molecular formula is C19H21ClN2O2. The van der Waals surface area contributed by atoms with Crippen LogP contribution in [-0.4, -0.2) is 36.2 Å². The molecule has 0 saturated heterocycles. The first-order valence-corrected chi connectivity index (χ1v) is 8.34. The van der Waals surface area contributed by atoms with E-state index in [4.69, 9.17) is 11.6 Å². The van der Waals surface area contributed by atoms with Gasteiger partial charge in [-0.05, 0) is 31.3 Å². The topological polar surface area (TPSA) is 49.4 Å². The van der Waals surface area contributed by atoms with Gasteiger partial charge in [-0.25, -0.2) is 0 Å². The SMILES string of the molecule is CCN(CC)CC(=O)Nc1cc(Cl)ccc1C(=O)c1ccccc1. The second-order valence-corrected chi connectivity index (χ2v) is 5.83. The van der Waals surface area contributed by atoms with Crippen LogP contribution in [0.5, 0.6) is 0 Å². The highest BCUT2D eigenvalue weighted by Crippen LogP contribution is 2.24. The molecule has 1 amide bonds. The Morgan fingerprint density at radius 2 is 1.71 bits per heavy atom. The van der Waals surface area contributed by atoms with Gasteiger partial charge in [0.25, 0.3) is 0 Å². The van der Waals surface area contributed by atoms with Crippen molar-refractivity contribution in [3.8, 4) is 0 Å². The van der Waals surface area contributed by atoms with Gasteiger partial charge < -0.3 is 5.32 Å². The lowest BCUT2D eigenvalue weighted by atomic mass is 10.0. The van der Waals surface area contributed by atoms with Crippen LogP contribution < -0.4 is 5.32 Å². The number of carbonyl (C=O) groups is 2. The highest BCUT2D eigenvalue weighted by molar-refractivity contribution is 6.31. The second kappa shape index (κ2) is 8.62. The van der Waals surface area contributed by atoms with Crippen LogP contribution in [0.4, 0.5) is 5.69 Å². The molecule has 1 N–H and O–H groups in total. The molecule has 0 spiro atoms. The van der Waals surface area contributed by atoms with Crippen molar-refractivity contribution >= 4 is 29.0 Å². The minimum absolute atomic E-state index is 0.148. The van der Waals surface area contributed by atoms with E-state index in [9.17, 15) is 9.59 Å². The van der Waals surface area contributed by atoms with Crippen LogP contribution in [0, 0.1) is 0 Å². The fourth-order valence-corrected chi connectivity index (χ4v) is 2.58. The van der Waals surface area contributed by atoms with Crippen molar-refractivity contribution in [2.45, 2.75) is 13.8 Å². The number of amides is 1. The molecule has 0 heterocycles. The predicted molar refractivity (Wildman–Crippen MR) is 97.7 cm³/mol. The molecule has 5 heteroatoms. The molecule has 0 aromatic heterocycles. The fourth-order valence-electron chi connectivity index (χ4n) is 2.40. The number of likely N-dealkylation sites (N-methyl/N-ethyl adjacent to an activating group) is 1. The zero-order chi connectivity index (χ0) is 17.5. The van der Waals surface area contributed by atoms with Crippen molar-refractivity contribution in [2.75, 3.05) is 25.0 Å². The first-order chi connectivity index (χ1) is 11.5. The Kier molecular flexibility index (Phi) is 6.53. The molecule has 4 nitrogen and oxygen atoms in total. The van der Waals surface area contributed by atoms with E-state index in [1.807, 2.05) is 36.9 Å². The number of anilines is 1. The highest BCUT2D eigenvalue weighted by Gasteiger charge is 2.16. The first kappa shape index (κ1) is 18.2. The van der Waals surface area contributed by atoms with E-state index in [0.29, 0.717) is 21.8 Å². The van der Waals surface area contributed by atoms with Crippen LogP contribution >= 0.6 is 11.6 Å². The average molecular weight is 345 g/mol. The number of halogens is 1. The Morgan fingerprint density at radius 3 is 2.33 bits per heavy atom. The molecule has 2 rings (SSSR count). The molecule has 126 valence electrons. The first-order valence-electron chi connectivity index (χ1n) is 7.96. The molecular weight excluding hydrogens is 324 g/mol. The van der Waals surface area contributed by atoms with Gasteiger partial charge in [0, 0.05) is 16.1 Å². The van der Waals surface area contributed by atoms with Crippen LogP contribution in [0.15, 0.2) is 48.5 Å². The number of ketones is 1. The maximum Gasteiger partial charge on any atom is 0.238 e. The number of carbonyl (C=O) groups excluding carboxylic acids is 2. The maximum atomic E-state index is 12.7. The second-order valence-electron chi connectivity index (χ2n) is 5.39. The van der Waals surface area contributed by atoms with Crippen molar-refractivity contribution < 1.29 is 9.59 Å². The predicted octanol–water partition coefficient (Wildman–Crippen LogP) is 3.85. The Bertz CT molecular complexity index is 713. The van der Waals surface area contributed by atoms with Crippen LogP contribution in [0.25, 0.3) is 0 Å². The number of rotatable bonds is 7. The molecule has 24 heavy (non-hydrogen) atoms. The summed E-state index contributed by atoms with van der Waals surface area (Å²) in [5, 5.41) is 3.29. The van der Waals surface area contributed by atoms with Crippen molar-refractivity contribution in [3.63, 3.8) is 0 Å². The number of nitrogens with zero attached hydrogens (tertiary/aromatic N) is 1. The quantitative estimate of drug-likeness (QED) is 0.776. The fraction of sp³-hybridized carbons (Fsp3) is 0.263. The lowest BCUT2D eigenvalue weighted by molar-refractivity contribution is -0.117. The van der Waals surface area contributed by atoms with Crippen LogP contribution in [-0.2, 0) is 4.79 Å². The molecule has 0 aliphatic heterocycles. The highest BCUT2D eigenvalue weighted by atomic mass is 35.5. The Morgan fingerprint density at radius 1 is 1.04 bits per heavy atom. The normalized spacial score (nSPS) is 10.7. The monoisotopic (exact) mass is 344 g/mol. The summed E-state index contributed by atoms with van der Waals surface area (Å²) in [7, 11) is 0.